The molecule has 0 atom stereocenters. The zero-order valence-electron chi connectivity index (χ0n) is 14.8. The number of rotatable bonds is 4. The van der Waals surface area contributed by atoms with E-state index in [4.69, 9.17) is 0 Å². The summed E-state index contributed by atoms with van der Waals surface area (Å²) in [5.74, 6) is -1.55. The lowest BCUT2D eigenvalue weighted by molar-refractivity contribution is 0.102. The Balaban J connectivity index is 2.19. The molecule has 0 fully saturated rings. The Kier molecular flexibility index (Phi) is 5.32. The lowest BCUT2D eigenvalue weighted by Gasteiger charge is -2.16. The van der Waals surface area contributed by atoms with E-state index in [2.05, 4.69) is 21.2 Å². The number of halogens is 2. The fourth-order valence-corrected chi connectivity index (χ4v) is 3.29. The first kappa shape index (κ1) is 19.1. The highest BCUT2D eigenvalue weighted by atomic mass is 79.9. The maximum absolute atomic E-state index is 13.4. The van der Waals surface area contributed by atoms with Gasteiger partial charge >= 0.3 is 0 Å². The van der Waals surface area contributed by atoms with Crippen LogP contribution in [0, 0.1) is 11.7 Å². The number of carbonyl (C=O) groups is 1. The van der Waals surface area contributed by atoms with Gasteiger partial charge in [0, 0.05) is 22.1 Å². The van der Waals surface area contributed by atoms with Gasteiger partial charge in [-0.25, -0.2) is 4.39 Å². The van der Waals surface area contributed by atoms with E-state index in [1.165, 1.54) is 22.8 Å². The summed E-state index contributed by atoms with van der Waals surface area (Å²) in [5, 5.41) is 13.5. The van der Waals surface area contributed by atoms with Gasteiger partial charge in [0.2, 0.25) is 0 Å². The van der Waals surface area contributed by atoms with Crippen LogP contribution in [0.25, 0.3) is 10.9 Å². The quantitative estimate of drug-likeness (QED) is 0.636. The van der Waals surface area contributed by atoms with E-state index >= 15 is 0 Å². The van der Waals surface area contributed by atoms with Crippen LogP contribution in [0.5, 0.6) is 5.75 Å². The molecule has 0 radical (unpaired) electrons. The van der Waals surface area contributed by atoms with Crippen LogP contribution in [0.2, 0.25) is 0 Å². The summed E-state index contributed by atoms with van der Waals surface area (Å²) in [5.41, 5.74) is -0.226. The van der Waals surface area contributed by atoms with Crippen molar-refractivity contribution in [3.8, 4) is 5.75 Å². The molecule has 0 aliphatic carbocycles. The largest absolute Gasteiger partial charge is 0.506 e. The standard InChI is InChI=1S/C20H18BrFN2O3/c1-11(2)10-24-16-7-6-12(21)8-15(16)18(25)17(20(24)27)19(26)23-14-5-3-4-13(22)9-14/h3-9,11,25H,10H2,1-2H3,(H,23,26). The summed E-state index contributed by atoms with van der Waals surface area (Å²) in [4.78, 5) is 25.7. The molecule has 7 heteroatoms. The second-order valence-corrected chi connectivity index (χ2v) is 7.57. The number of amides is 1. The number of carbonyl (C=O) groups excluding carboxylic acids is 1. The number of pyridine rings is 1. The number of hydrogen-bond donors (Lipinski definition) is 2. The van der Waals surface area contributed by atoms with E-state index in [-0.39, 0.29) is 17.2 Å². The summed E-state index contributed by atoms with van der Waals surface area (Å²) in [6, 6.07) is 10.5. The molecule has 0 aliphatic heterocycles. The maximum Gasteiger partial charge on any atom is 0.267 e. The Bertz CT molecular complexity index is 1090. The van der Waals surface area contributed by atoms with Crippen molar-refractivity contribution < 1.29 is 14.3 Å². The highest BCUT2D eigenvalue weighted by molar-refractivity contribution is 9.10. The van der Waals surface area contributed by atoms with E-state index < -0.39 is 23.0 Å². The van der Waals surface area contributed by atoms with Gasteiger partial charge in [0.15, 0.2) is 0 Å². The van der Waals surface area contributed by atoms with Crippen LogP contribution in [0.4, 0.5) is 10.1 Å². The van der Waals surface area contributed by atoms with Crippen molar-refractivity contribution in [2.75, 3.05) is 5.32 Å². The topological polar surface area (TPSA) is 71.3 Å². The van der Waals surface area contributed by atoms with Crippen LogP contribution in [-0.4, -0.2) is 15.6 Å². The molecule has 3 aromatic rings. The first-order valence-electron chi connectivity index (χ1n) is 8.40. The molecule has 0 saturated carbocycles. The lowest BCUT2D eigenvalue weighted by atomic mass is 10.1. The molecule has 0 aliphatic rings. The van der Waals surface area contributed by atoms with Crippen molar-refractivity contribution in [2.45, 2.75) is 20.4 Å². The van der Waals surface area contributed by atoms with Gasteiger partial charge in [-0.15, -0.1) is 0 Å². The summed E-state index contributed by atoms with van der Waals surface area (Å²) < 4.78 is 15.6. The van der Waals surface area contributed by atoms with Gasteiger partial charge < -0.3 is 15.0 Å². The van der Waals surface area contributed by atoms with Gasteiger partial charge in [-0.1, -0.05) is 35.8 Å². The molecular weight excluding hydrogens is 415 g/mol. The fourth-order valence-electron chi connectivity index (χ4n) is 2.92. The van der Waals surface area contributed by atoms with Crippen LogP contribution in [-0.2, 0) is 6.54 Å². The number of fused-ring (bicyclic) bond motifs is 1. The summed E-state index contributed by atoms with van der Waals surface area (Å²) in [6.45, 7) is 4.30. The Hall–Kier alpha value is -2.67. The summed E-state index contributed by atoms with van der Waals surface area (Å²) in [6.07, 6.45) is 0. The number of anilines is 1. The minimum atomic E-state index is -0.789. The Labute approximate surface area is 163 Å². The Morgan fingerprint density at radius 1 is 1.26 bits per heavy atom. The lowest BCUT2D eigenvalue weighted by Crippen LogP contribution is -2.31. The van der Waals surface area contributed by atoms with E-state index in [0.29, 0.717) is 21.9 Å². The molecule has 0 unspecified atom stereocenters. The second-order valence-electron chi connectivity index (χ2n) is 6.66. The number of nitrogens with one attached hydrogen (secondary N) is 1. The average Bonchev–Trinajstić information content (AvgIpc) is 2.58. The molecule has 0 saturated heterocycles. The normalized spacial score (nSPS) is 11.1. The minimum Gasteiger partial charge on any atom is -0.506 e. The molecule has 1 amide bonds. The smallest absolute Gasteiger partial charge is 0.267 e. The molecule has 5 nitrogen and oxygen atoms in total. The number of hydrogen-bond acceptors (Lipinski definition) is 3. The third-order valence-corrected chi connectivity index (χ3v) is 4.55. The number of benzene rings is 2. The van der Waals surface area contributed by atoms with Crippen molar-refractivity contribution in [2.24, 2.45) is 5.92 Å². The number of aromatic hydroxyl groups is 1. The molecular formula is C20H18BrFN2O3. The molecule has 3 rings (SSSR count). The zero-order valence-corrected chi connectivity index (χ0v) is 16.4. The molecule has 140 valence electrons. The van der Waals surface area contributed by atoms with Gasteiger partial charge in [-0.05, 0) is 42.3 Å². The fraction of sp³-hybridized carbons (Fsp3) is 0.200. The molecule has 2 aromatic carbocycles. The molecule has 27 heavy (non-hydrogen) atoms. The number of nitrogens with zero attached hydrogens (tertiary/aromatic N) is 1. The third kappa shape index (κ3) is 3.88. The second kappa shape index (κ2) is 7.52. The zero-order chi connectivity index (χ0) is 19.7. The average molecular weight is 433 g/mol. The van der Waals surface area contributed by atoms with Gasteiger partial charge in [-0.2, -0.15) is 0 Å². The predicted molar refractivity (Wildman–Crippen MR) is 107 cm³/mol. The third-order valence-electron chi connectivity index (χ3n) is 4.06. The predicted octanol–water partition coefficient (Wildman–Crippen LogP) is 4.52. The van der Waals surface area contributed by atoms with E-state index in [9.17, 15) is 19.1 Å². The molecule has 1 aromatic heterocycles. The van der Waals surface area contributed by atoms with Gasteiger partial charge in [0.25, 0.3) is 11.5 Å². The molecule has 2 N–H and O–H groups in total. The first-order valence-corrected chi connectivity index (χ1v) is 9.19. The van der Waals surface area contributed by atoms with Crippen molar-refractivity contribution >= 4 is 38.4 Å². The van der Waals surface area contributed by atoms with Crippen LogP contribution >= 0.6 is 15.9 Å². The van der Waals surface area contributed by atoms with Gasteiger partial charge in [0.1, 0.15) is 17.1 Å². The summed E-state index contributed by atoms with van der Waals surface area (Å²) >= 11 is 3.34. The minimum absolute atomic E-state index is 0.151. The van der Waals surface area contributed by atoms with Crippen LogP contribution < -0.4 is 10.9 Å². The Morgan fingerprint density at radius 2 is 2.00 bits per heavy atom. The Morgan fingerprint density at radius 3 is 2.67 bits per heavy atom. The SMILES string of the molecule is CC(C)Cn1c(=O)c(C(=O)Nc2cccc(F)c2)c(O)c2cc(Br)ccc21. The summed E-state index contributed by atoms with van der Waals surface area (Å²) in [7, 11) is 0. The van der Waals surface area contributed by atoms with Gasteiger partial charge in [-0.3, -0.25) is 9.59 Å². The van der Waals surface area contributed by atoms with Crippen molar-refractivity contribution in [3.63, 3.8) is 0 Å². The molecule has 1 heterocycles. The van der Waals surface area contributed by atoms with E-state index in [1.807, 2.05) is 13.8 Å². The van der Waals surface area contributed by atoms with Crippen molar-refractivity contribution in [3.05, 3.63) is 68.7 Å². The molecule has 0 spiro atoms. The van der Waals surface area contributed by atoms with Crippen LogP contribution in [0.3, 0.4) is 0 Å². The van der Waals surface area contributed by atoms with E-state index in [0.717, 1.165) is 6.07 Å². The van der Waals surface area contributed by atoms with Gasteiger partial charge in [0.05, 0.1) is 5.52 Å². The van der Waals surface area contributed by atoms with Crippen LogP contribution in [0.15, 0.2) is 51.7 Å². The molecule has 0 bridgehead atoms. The van der Waals surface area contributed by atoms with Crippen LogP contribution in [0.1, 0.15) is 24.2 Å². The van der Waals surface area contributed by atoms with Crippen molar-refractivity contribution in [1.29, 1.82) is 0 Å². The van der Waals surface area contributed by atoms with Crippen molar-refractivity contribution in [1.82, 2.24) is 4.57 Å². The van der Waals surface area contributed by atoms with E-state index in [1.54, 1.807) is 18.2 Å². The monoisotopic (exact) mass is 432 g/mol. The number of aromatic nitrogens is 1. The highest BCUT2D eigenvalue weighted by Crippen LogP contribution is 2.30. The maximum atomic E-state index is 13.4. The first-order chi connectivity index (χ1) is 12.8. The highest BCUT2D eigenvalue weighted by Gasteiger charge is 2.23.